The first-order valence-electron chi connectivity index (χ1n) is 3.23. The zero-order valence-corrected chi connectivity index (χ0v) is 8.52. The van der Waals surface area contributed by atoms with E-state index in [-0.39, 0.29) is 0 Å². The van der Waals surface area contributed by atoms with E-state index >= 15 is 0 Å². The average Bonchev–Trinajstić information content (AvgIpc) is 2.03. The van der Waals surface area contributed by atoms with E-state index in [1.807, 2.05) is 0 Å². The summed E-state index contributed by atoms with van der Waals surface area (Å²) in [6, 6.07) is 8.23. The van der Waals surface area contributed by atoms with E-state index in [1.54, 1.807) is 30.3 Å². The van der Waals surface area contributed by atoms with Gasteiger partial charge < -0.3 is 19.2 Å². The lowest BCUT2D eigenvalue weighted by Gasteiger charge is -2.01. The molecular formula is C6H8O6PS-. The SMILES string of the molecule is O=P(O)(O)O.O=S([O-])c1ccccc1. The van der Waals surface area contributed by atoms with Crippen LogP contribution in [-0.2, 0) is 15.6 Å². The van der Waals surface area contributed by atoms with E-state index in [2.05, 4.69) is 0 Å². The number of rotatable bonds is 1. The Bertz CT molecular complexity index is 325. The summed E-state index contributed by atoms with van der Waals surface area (Å²) >= 11 is -2.08. The van der Waals surface area contributed by atoms with Crippen LogP contribution in [0.25, 0.3) is 0 Å². The Morgan fingerprint density at radius 1 is 1.14 bits per heavy atom. The first kappa shape index (κ1) is 13.4. The van der Waals surface area contributed by atoms with E-state index in [0.29, 0.717) is 4.90 Å². The van der Waals surface area contributed by atoms with Gasteiger partial charge in [0.2, 0.25) is 0 Å². The fraction of sp³-hybridized carbons (Fsp3) is 0. The van der Waals surface area contributed by atoms with Gasteiger partial charge in [0, 0.05) is 4.90 Å². The van der Waals surface area contributed by atoms with Crippen molar-refractivity contribution in [2.75, 3.05) is 0 Å². The van der Waals surface area contributed by atoms with Gasteiger partial charge in [-0.15, -0.1) is 0 Å². The van der Waals surface area contributed by atoms with Crippen LogP contribution >= 0.6 is 7.82 Å². The minimum Gasteiger partial charge on any atom is -0.768 e. The van der Waals surface area contributed by atoms with E-state index in [9.17, 15) is 8.76 Å². The summed E-state index contributed by atoms with van der Waals surface area (Å²) < 4.78 is 29.3. The van der Waals surface area contributed by atoms with Crippen LogP contribution in [0.3, 0.4) is 0 Å². The van der Waals surface area contributed by atoms with Gasteiger partial charge in [0.1, 0.15) is 0 Å². The maximum absolute atomic E-state index is 10.2. The summed E-state index contributed by atoms with van der Waals surface area (Å²) in [6.07, 6.45) is 0. The first-order chi connectivity index (χ1) is 6.30. The third-order valence-corrected chi connectivity index (χ3v) is 1.59. The molecule has 0 spiro atoms. The highest BCUT2D eigenvalue weighted by atomic mass is 32.2. The summed E-state index contributed by atoms with van der Waals surface area (Å²) in [5.74, 6) is 0. The Kier molecular flexibility index (Phi) is 5.78. The normalized spacial score (nSPS) is 12.6. The fourth-order valence-corrected chi connectivity index (χ4v) is 0.911. The maximum atomic E-state index is 10.2. The monoisotopic (exact) mass is 239 g/mol. The van der Waals surface area contributed by atoms with Crippen molar-refractivity contribution >= 4 is 18.9 Å². The molecule has 0 amide bonds. The molecule has 0 saturated heterocycles. The van der Waals surface area contributed by atoms with Gasteiger partial charge in [0.25, 0.3) is 0 Å². The van der Waals surface area contributed by atoms with Gasteiger partial charge in [-0.2, -0.15) is 0 Å². The molecule has 1 unspecified atom stereocenters. The summed E-state index contributed by atoms with van der Waals surface area (Å²) in [6.45, 7) is 0. The lowest BCUT2D eigenvalue weighted by molar-refractivity contribution is 0.275. The molecule has 0 aliphatic heterocycles. The molecule has 8 heteroatoms. The summed E-state index contributed by atoms with van der Waals surface area (Å²) in [5.41, 5.74) is 0. The predicted octanol–water partition coefficient (Wildman–Crippen LogP) is -0.00400. The fourth-order valence-electron chi connectivity index (χ4n) is 0.532. The second-order valence-electron chi connectivity index (χ2n) is 2.06. The van der Waals surface area contributed by atoms with Crippen molar-refractivity contribution in [2.24, 2.45) is 0 Å². The van der Waals surface area contributed by atoms with Gasteiger partial charge >= 0.3 is 7.82 Å². The van der Waals surface area contributed by atoms with Gasteiger partial charge in [0.05, 0.1) is 0 Å². The third kappa shape index (κ3) is 9.53. The van der Waals surface area contributed by atoms with E-state index in [4.69, 9.17) is 19.2 Å². The van der Waals surface area contributed by atoms with Gasteiger partial charge in [-0.3, -0.25) is 4.21 Å². The molecule has 0 aliphatic rings. The molecule has 0 saturated carbocycles. The van der Waals surface area contributed by atoms with Gasteiger partial charge in [-0.05, 0) is 23.2 Å². The Labute approximate surface area is 82.7 Å². The first-order valence-corrected chi connectivity index (χ1v) is 5.87. The van der Waals surface area contributed by atoms with Crippen LogP contribution in [0.2, 0.25) is 0 Å². The average molecular weight is 239 g/mol. The molecule has 1 aromatic rings. The van der Waals surface area contributed by atoms with Crippen LogP contribution in [0.4, 0.5) is 0 Å². The summed E-state index contributed by atoms with van der Waals surface area (Å²) in [7, 11) is -4.64. The summed E-state index contributed by atoms with van der Waals surface area (Å²) in [5, 5.41) is 0. The number of hydrogen-bond acceptors (Lipinski definition) is 3. The Morgan fingerprint density at radius 2 is 1.50 bits per heavy atom. The molecule has 3 N–H and O–H groups in total. The van der Waals surface area contributed by atoms with Crippen molar-refractivity contribution in [3.05, 3.63) is 30.3 Å². The van der Waals surface area contributed by atoms with Crippen LogP contribution in [-0.4, -0.2) is 23.4 Å². The molecule has 1 atom stereocenters. The highest BCUT2D eigenvalue weighted by Crippen LogP contribution is 2.25. The number of hydrogen-bond donors (Lipinski definition) is 3. The molecule has 6 nitrogen and oxygen atoms in total. The van der Waals surface area contributed by atoms with E-state index < -0.39 is 18.9 Å². The number of phosphoric acid groups is 1. The van der Waals surface area contributed by atoms with Crippen LogP contribution < -0.4 is 0 Å². The quantitative estimate of drug-likeness (QED) is 0.468. The molecular weight excluding hydrogens is 231 g/mol. The standard InChI is InChI=1S/C6H6O2S.H3O4P/c7-9(8)6-4-2-1-3-5-6;1-5(2,3)4/h1-5H,(H,7,8);(H3,1,2,3,4)/p-1. The predicted molar refractivity (Wildman–Crippen MR) is 47.9 cm³/mol. The molecule has 0 aromatic heterocycles. The van der Waals surface area contributed by atoms with Crippen molar-refractivity contribution in [3.8, 4) is 0 Å². The maximum Gasteiger partial charge on any atom is 0.466 e. The van der Waals surface area contributed by atoms with Crippen molar-refractivity contribution in [1.29, 1.82) is 0 Å². The Balaban J connectivity index is 0.000000292. The Hall–Kier alpha value is -0.560. The van der Waals surface area contributed by atoms with Gasteiger partial charge in [0.15, 0.2) is 0 Å². The molecule has 1 aromatic carbocycles. The van der Waals surface area contributed by atoms with Crippen molar-refractivity contribution < 1.29 is 28.0 Å². The molecule has 0 heterocycles. The largest absolute Gasteiger partial charge is 0.768 e. The van der Waals surface area contributed by atoms with Crippen LogP contribution in [0.5, 0.6) is 0 Å². The highest BCUT2D eigenvalue weighted by Gasteiger charge is 2.00. The molecule has 14 heavy (non-hydrogen) atoms. The van der Waals surface area contributed by atoms with E-state index in [1.165, 1.54) is 0 Å². The zero-order chi connectivity index (χ0) is 11.2. The molecule has 0 aliphatic carbocycles. The van der Waals surface area contributed by atoms with Crippen LogP contribution in [0, 0.1) is 0 Å². The van der Waals surface area contributed by atoms with E-state index in [0.717, 1.165) is 0 Å². The second-order valence-corrected chi connectivity index (χ2v) is 4.03. The zero-order valence-electron chi connectivity index (χ0n) is 6.81. The highest BCUT2D eigenvalue weighted by molar-refractivity contribution is 7.79. The third-order valence-electron chi connectivity index (χ3n) is 0.936. The minimum absolute atomic E-state index is 0.331. The molecule has 1 rings (SSSR count). The molecule has 0 radical (unpaired) electrons. The molecule has 0 bridgehead atoms. The molecule has 80 valence electrons. The molecule has 0 fully saturated rings. The van der Waals surface area contributed by atoms with Crippen LogP contribution in [0.15, 0.2) is 35.2 Å². The smallest absolute Gasteiger partial charge is 0.466 e. The van der Waals surface area contributed by atoms with Crippen molar-refractivity contribution in [2.45, 2.75) is 4.90 Å². The lowest BCUT2D eigenvalue weighted by Crippen LogP contribution is -1.85. The topological polar surface area (TPSA) is 118 Å². The second kappa shape index (κ2) is 6.02. The van der Waals surface area contributed by atoms with Crippen molar-refractivity contribution in [3.63, 3.8) is 0 Å². The number of benzene rings is 1. The lowest BCUT2D eigenvalue weighted by atomic mass is 10.4. The minimum atomic E-state index is -4.64. The Morgan fingerprint density at radius 3 is 1.71 bits per heavy atom. The van der Waals surface area contributed by atoms with Gasteiger partial charge in [-0.1, -0.05) is 18.2 Å². The van der Waals surface area contributed by atoms with Gasteiger partial charge in [-0.25, -0.2) is 4.57 Å². The van der Waals surface area contributed by atoms with Crippen molar-refractivity contribution in [1.82, 2.24) is 0 Å². The summed E-state index contributed by atoms with van der Waals surface area (Å²) in [4.78, 5) is 21.9. The van der Waals surface area contributed by atoms with Crippen LogP contribution in [0.1, 0.15) is 0 Å².